The van der Waals surface area contributed by atoms with Gasteiger partial charge in [-0.15, -0.1) is 0 Å². The van der Waals surface area contributed by atoms with Gasteiger partial charge in [-0.25, -0.2) is 9.69 Å². The van der Waals surface area contributed by atoms with Crippen molar-refractivity contribution in [1.29, 1.82) is 0 Å². The van der Waals surface area contributed by atoms with Gasteiger partial charge in [0.15, 0.2) is 11.5 Å². The van der Waals surface area contributed by atoms with E-state index in [1.54, 1.807) is 38.5 Å². The van der Waals surface area contributed by atoms with Gasteiger partial charge in [0.05, 0.1) is 19.9 Å². The third kappa shape index (κ3) is 4.34. The van der Waals surface area contributed by atoms with E-state index >= 15 is 0 Å². The van der Waals surface area contributed by atoms with Gasteiger partial charge < -0.3 is 14.4 Å². The van der Waals surface area contributed by atoms with E-state index in [0.717, 1.165) is 30.6 Å². The average Bonchev–Trinajstić information content (AvgIpc) is 3.16. The number of fused-ring (bicyclic) bond motifs is 3. The van der Waals surface area contributed by atoms with Gasteiger partial charge in [-0.3, -0.25) is 9.69 Å². The molecule has 8 heteroatoms. The second-order valence-electron chi connectivity index (χ2n) is 10.5. The normalized spacial score (nSPS) is 22.7. The maximum absolute atomic E-state index is 14.4. The fourth-order valence-electron chi connectivity index (χ4n) is 6.53. The van der Waals surface area contributed by atoms with E-state index < -0.39 is 5.54 Å². The van der Waals surface area contributed by atoms with E-state index in [2.05, 4.69) is 23.1 Å². The fraction of sp³-hybridized carbons (Fsp3) is 0.355. The molecule has 3 aromatic rings. The molecule has 0 aliphatic carbocycles. The molecule has 1 spiro atoms. The predicted octanol–water partition coefficient (Wildman–Crippen LogP) is 5.50. The van der Waals surface area contributed by atoms with E-state index in [1.807, 2.05) is 29.2 Å². The zero-order chi connectivity index (χ0) is 27.1. The van der Waals surface area contributed by atoms with Crippen LogP contribution in [0.4, 0.5) is 10.5 Å². The Bertz CT molecular complexity index is 1410. The van der Waals surface area contributed by atoms with Gasteiger partial charge in [-0.1, -0.05) is 48.0 Å². The predicted molar refractivity (Wildman–Crippen MR) is 151 cm³/mol. The van der Waals surface area contributed by atoms with Gasteiger partial charge >= 0.3 is 6.03 Å². The summed E-state index contributed by atoms with van der Waals surface area (Å²) < 4.78 is 11.2. The molecule has 0 aromatic heterocycles. The van der Waals surface area contributed by atoms with Crippen LogP contribution in [0.25, 0.3) is 0 Å². The Labute approximate surface area is 233 Å². The summed E-state index contributed by atoms with van der Waals surface area (Å²) >= 11 is 6.28. The summed E-state index contributed by atoms with van der Waals surface area (Å²) in [6.07, 6.45) is 2.67. The van der Waals surface area contributed by atoms with Crippen molar-refractivity contribution in [2.45, 2.75) is 37.3 Å². The zero-order valence-electron chi connectivity index (χ0n) is 22.2. The maximum atomic E-state index is 14.4. The Morgan fingerprint density at radius 3 is 2.46 bits per heavy atom. The standard InChI is InChI=1S/C31H32ClN3O4/c1-38-27-17-22-12-14-33-16-13-31(20-26(33)25(22)19-28(27)39-2)29(36)35(24-10-6-9-23(32)18-24)30(37)34(31)15-11-21-7-4-3-5-8-21/h3-10,17-19,26H,11-16,20H2,1-2H3/t26-,31+/m0/s1. The summed E-state index contributed by atoms with van der Waals surface area (Å²) in [6, 6.07) is 20.9. The SMILES string of the molecule is COc1cc2c(cc1OC)[C@@H]1C[C@]3(CCN1CC2)C(=O)N(c1cccc(Cl)c1)C(=O)N3CCc1ccccc1. The second kappa shape index (κ2) is 10.2. The summed E-state index contributed by atoms with van der Waals surface area (Å²) in [6.45, 7) is 2.08. The van der Waals surface area contributed by atoms with Crippen molar-refractivity contribution < 1.29 is 19.1 Å². The molecular weight excluding hydrogens is 514 g/mol. The third-order valence-electron chi connectivity index (χ3n) is 8.53. The van der Waals surface area contributed by atoms with Crippen molar-refractivity contribution in [2.24, 2.45) is 0 Å². The molecule has 3 aliphatic heterocycles. The lowest BCUT2D eigenvalue weighted by Gasteiger charge is -2.49. The van der Waals surface area contributed by atoms with Crippen LogP contribution in [0.3, 0.4) is 0 Å². The molecule has 3 amide bonds. The first kappa shape index (κ1) is 25.7. The van der Waals surface area contributed by atoms with Crippen molar-refractivity contribution in [2.75, 3.05) is 38.8 Å². The van der Waals surface area contributed by atoms with Crippen molar-refractivity contribution >= 4 is 29.2 Å². The van der Waals surface area contributed by atoms with E-state index in [9.17, 15) is 9.59 Å². The van der Waals surface area contributed by atoms with Crippen LogP contribution in [0.2, 0.25) is 5.02 Å². The van der Waals surface area contributed by atoms with Crippen LogP contribution in [0.15, 0.2) is 66.7 Å². The lowest BCUT2D eigenvalue weighted by atomic mass is 9.76. The van der Waals surface area contributed by atoms with E-state index in [-0.39, 0.29) is 18.0 Å². The van der Waals surface area contributed by atoms with Crippen LogP contribution in [0.5, 0.6) is 11.5 Å². The number of benzene rings is 3. The molecule has 0 unspecified atom stereocenters. The van der Waals surface area contributed by atoms with Crippen LogP contribution in [-0.2, 0) is 17.6 Å². The number of amides is 3. The van der Waals surface area contributed by atoms with Crippen molar-refractivity contribution in [3.8, 4) is 11.5 Å². The summed E-state index contributed by atoms with van der Waals surface area (Å²) in [5.41, 5.74) is 3.04. The largest absolute Gasteiger partial charge is 0.493 e. The van der Waals surface area contributed by atoms with Gasteiger partial charge in [0.25, 0.3) is 5.91 Å². The number of methoxy groups -OCH3 is 2. The number of hydrogen-bond donors (Lipinski definition) is 0. The summed E-state index contributed by atoms with van der Waals surface area (Å²) in [5, 5.41) is 0.488. The van der Waals surface area contributed by atoms with Gasteiger partial charge in [-0.05, 0) is 72.7 Å². The number of carbonyl (C=O) groups excluding carboxylic acids is 2. The van der Waals surface area contributed by atoms with E-state index in [4.69, 9.17) is 21.1 Å². The Hall–Kier alpha value is -3.55. The molecule has 7 nitrogen and oxygen atoms in total. The highest BCUT2D eigenvalue weighted by molar-refractivity contribution is 6.31. The lowest BCUT2D eigenvalue weighted by Crippen LogP contribution is -2.58. The number of imide groups is 1. The molecule has 0 N–H and O–H groups in total. The van der Waals surface area contributed by atoms with E-state index in [0.29, 0.717) is 48.0 Å². The number of piperidine rings is 1. The zero-order valence-corrected chi connectivity index (χ0v) is 23.0. The molecule has 3 heterocycles. The van der Waals surface area contributed by atoms with Gasteiger partial charge in [-0.2, -0.15) is 0 Å². The second-order valence-corrected chi connectivity index (χ2v) is 10.9. The first-order chi connectivity index (χ1) is 18.9. The van der Waals surface area contributed by atoms with Crippen LogP contribution >= 0.6 is 11.6 Å². The summed E-state index contributed by atoms with van der Waals surface area (Å²) in [7, 11) is 3.29. The Morgan fingerprint density at radius 2 is 1.72 bits per heavy atom. The highest BCUT2D eigenvalue weighted by Crippen LogP contribution is 2.49. The summed E-state index contributed by atoms with van der Waals surface area (Å²) in [4.78, 5) is 34.0. The molecular formula is C31H32ClN3O4. The number of anilines is 1. The minimum Gasteiger partial charge on any atom is -0.493 e. The number of nitrogens with zero attached hydrogens (tertiary/aromatic N) is 3. The highest BCUT2D eigenvalue weighted by Gasteiger charge is 2.60. The molecule has 3 aliphatic rings. The average molecular weight is 546 g/mol. The molecule has 0 radical (unpaired) electrons. The smallest absolute Gasteiger partial charge is 0.332 e. The number of ether oxygens (including phenoxy) is 2. The maximum Gasteiger partial charge on any atom is 0.332 e. The number of halogens is 1. The monoisotopic (exact) mass is 545 g/mol. The van der Waals surface area contributed by atoms with Gasteiger partial charge in [0.2, 0.25) is 0 Å². The minimum absolute atomic E-state index is 0.0161. The van der Waals surface area contributed by atoms with Crippen molar-refractivity contribution in [3.05, 3.63) is 88.4 Å². The number of urea groups is 1. The van der Waals surface area contributed by atoms with Crippen molar-refractivity contribution in [1.82, 2.24) is 9.80 Å². The van der Waals surface area contributed by atoms with E-state index in [1.165, 1.54) is 10.5 Å². The first-order valence-corrected chi connectivity index (χ1v) is 13.8. The van der Waals surface area contributed by atoms with Gasteiger partial charge in [0.1, 0.15) is 5.54 Å². The molecule has 2 saturated heterocycles. The Balaban J connectivity index is 1.40. The number of hydrogen-bond acceptors (Lipinski definition) is 5. The fourth-order valence-corrected chi connectivity index (χ4v) is 6.71. The van der Waals surface area contributed by atoms with Crippen LogP contribution in [0.1, 0.15) is 35.6 Å². The molecule has 2 fully saturated rings. The molecule has 0 saturated carbocycles. The topological polar surface area (TPSA) is 62.3 Å². The molecule has 3 aromatic carbocycles. The Morgan fingerprint density at radius 1 is 0.949 bits per heavy atom. The number of carbonyl (C=O) groups is 2. The lowest BCUT2D eigenvalue weighted by molar-refractivity contribution is -0.129. The van der Waals surface area contributed by atoms with Crippen LogP contribution in [-0.4, -0.2) is 61.1 Å². The quantitative estimate of drug-likeness (QED) is 0.383. The van der Waals surface area contributed by atoms with Crippen LogP contribution < -0.4 is 14.4 Å². The van der Waals surface area contributed by atoms with Crippen LogP contribution in [0, 0.1) is 0 Å². The highest BCUT2D eigenvalue weighted by atomic mass is 35.5. The molecule has 0 bridgehead atoms. The Kier molecular flexibility index (Phi) is 6.73. The third-order valence-corrected chi connectivity index (χ3v) is 8.77. The molecule has 6 rings (SSSR count). The van der Waals surface area contributed by atoms with Gasteiger partial charge in [0, 0.05) is 30.7 Å². The summed E-state index contributed by atoms with van der Waals surface area (Å²) in [5.74, 6) is 1.21. The minimum atomic E-state index is -0.947. The first-order valence-electron chi connectivity index (χ1n) is 13.4. The number of rotatable bonds is 6. The molecule has 202 valence electrons. The van der Waals surface area contributed by atoms with Crippen molar-refractivity contribution in [3.63, 3.8) is 0 Å². The molecule has 39 heavy (non-hydrogen) atoms. The molecule has 2 atom stereocenters.